The number of nitrogens with two attached hydrogens (primary N) is 1. The van der Waals surface area contributed by atoms with Crippen LogP contribution in [0.25, 0.3) is 0 Å². The molecule has 2 heterocycles. The Morgan fingerprint density at radius 1 is 1.45 bits per heavy atom. The van der Waals surface area contributed by atoms with Crippen LogP contribution < -0.4 is 10.6 Å². The van der Waals surface area contributed by atoms with Crippen molar-refractivity contribution in [2.24, 2.45) is 17.6 Å². The number of hydrogen-bond donors (Lipinski definition) is 1. The van der Waals surface area contributed by atoms with Gasteiger partial charge in [-0.15, -0.1) is 0 Å². The monoisotopic (exact) mass is 340 g/mol. The van der Waals surface area contributed by atoms with Gasteiger partial charge in [-0.1, -0.05) is 6.42 Å². The summed E-state index contributed by atoms with van der Waals surface area (Å²) in [5, 5.41) is 11.2. The van der Waals surface area contributed by atoms with Gasteiger partial charge < -0.3 is 10.6 Å². The molecule has 20 heavy (non-hydrogen) atoms. The summed E-state index contributed by atoms with van der Waals surface area (Å²) in [6, 6.07) is 1.73. The van der Waals surface area contributed by atoms with Crippen molar-refractivity contribution in [3.63, 3.8) is 0 Å². The molecule has 3 unspecified atom stereocenters. The van der Waals surface area contributed by atoms with Gasteiger partial charge in [0.25, 0.3) is 0 Å². The van der Waals surface area contributed by atoms with Crippen molar-refractivity contribution < 1.29 is 4.92 Å². The van der Waals surface area contributed by atoms with E-state index in [0.29, 0.717) is 22.1 Å². The van der Waals surface area contributed by atoms with E-state index in [1.807, 2.05) is 4.90 Å². The van der Waals surface area contributed by atoms with Crippen LogP contribution >= 0.6 is 15.9 Å². The van der Waals surface area contributed by atoms with Crippen molar-refractivity contribution in [3.8, 4) is 0 Å². The van der Waals surface area contributed by atoms with E-state index in [1.54, 1.807) is 6.20 Å². The molecule has 1 saturated carbocycles. The zero-order valence-electron chi connectivity index (χ0n) is 11.0. The van der Waals surface area contributed by atoms with Gasteiger partial charge in [0.2, 0.25) is 5.82 Å². The number of anilines is 1. The average Bonchev–Trinajstić information content (AvgIpc) is 2.84. The lowest BCUT2D eigenvalue weighted by atomic mass is 9.78. The van der Waals surface area contributed by atoms with Crippen LogP contribution in [0.3, 0.4) is 0 Å². The molecule has 1 aromatic rings. The van der Waals surface area contributed by atoms with E-state index in [2.05, 4.69) is 20.9 Å². The van der Waals surface area contributed by atoms with E-state index in [0.717, 1.165) is 25.9 Å². The highest BCUT2D eigenvalue weighted by Gasteiger charge is 2.40. The number of pyridine rings is 1. The van der Waals surface area contributed by atoms with Gasteiger partial charge in [0.1, 0.15) is 0 Å². The van der Waals surface area contributed by atoms with E-state index >= 15 is 0 Å². The first-order chi connectivity index (χ1) is 9.56. The Labute approximate surface area is 125 Å². The Bertz CT molecular complexity index is 539. The van der Waals surface area contributed by atoms with E-state index in [9.17, 15) is 10.1 Å². The predicted octanol–water partition coefficient (Wildman–Crippen LogP) is 2.32. The molecule has 0 bridgehead atoms. The maximum absolute atomic E-state index is 11.2. The standard InChI is InChI=1S/C13H17BrN4O2/c14-9-4-12(18(19)20)13(16-5-9)17-6-8-2-1-3-11(15)10(8)7-17/h4-5,8,10-11H,1-3,6-7,15H2. The fourth-order valence-corrected chi connectivity index (χ4v) is 3.81. The Morgan fingerprint density at radius 3 is 2.95 bits per heavy atom. The van der Waals surface area contributed by atoms with E-state index < -0.39 is 0 Å². The van der Waals surface area contributed by atoms with Crippen LogP contribution in [-0.4, -0.2) is 29.0 Å². The van der Waals surface area contributed by atoms with Crippen molar-refractivity contribution in [2.45, 2.75) is 25.3 Å². The first-order valence-electron chi connectivity index (χ1n) is 6.86. The van der Waals surface area contributed by atoms with Gasteiger partial charge in [0.05, 0.1) is 4.92 Å². The molecule has 0 radical (unpaired) electrons. The summed E-state index contributed by atoms with van der Waals surface area (Å²) < 4.78 is 0.626. The van der Waals surface area contributed by atoms with Gasteiger partial charge in [0, 0.05) is 35.9 Å². The van der Waals surface area contributed by atoms with Gasteiger partial charge in [-0.25, -0.2) is 4.98 Å². The molecule has 1 aliphatic carbocycles. The second-order valence-electron chi connectivity index (χ2n) is 5.68. The molecule has 1 aliphatic heterocycles. The number of aromatic nitrogens is 1. The summed E-state index contributed by atoms with van der Waals surface area (Å²) in [5.74, 6) is 1.46. The minimum atomic E-state index is -0.366. The second kappa shape index (κ2) is 5.29. The smallest absolute Gasteiger partial charge is 0.312 e. The molecule has 3 atom stereocenters. The summed E-state index contributed by atoms with van der Waals surface area (Å²) >= 11 is 3.24. The largest absolute Gasteiger partial charge is 0.350 e. The molecule has 2 aliphatic rings. The topological polar surface area (TPSA) is 85.3 Å². The predicted molar refractivity (Wildman–Crippen MR) is 79.6 cm³/mol. The summed E-state index contributed by atoms with van der Waals surface area (Å²) in [5.41, 5.74) is 6.26. The quantitative estimate of drug-likeness (QED) is 0.659. The lowest BCUT2D eigenvalue weighted by Gasteiger charge is -2.29. The SMILES string of the molecule is NC1CCCC2CN(c3ncc(Br)cc3[N+](=O)[O-])CC12. The zero-order valence-corrected chi connectivity index (χ0v) is 12.6. The van der Waals surface area contributed by atoms with E-state index in [1.165, 1.54) is 12.5 Å². The zero-order chi connectivity index (χ0) is 14.3. The molecule has 7 heteroatoms. The van der Waals surface area contributed by atoms with Crippen LogP contribution in [0.1, 0.15) is 19.3 Å². The minimum Gasteiger partial charge on any atom is -0.350 e. The molecular formula is C13H17BrN4O2. The summed E-state index contributed by atoms with van der Waals surface area (Å²) in [7, 11) is 0. The summed E-state index contributed by atoms with van der Waals surface area (Å²) in [4.78, 5) is 17.1. The third-order valence-electron chi connectivity index (χ3n) is 4.46. The number of halogens is 1. The van der Waals surface area contributed by atoms with Crippen LogP contribution in [0.4, 0.5) is 11.5 Å². The van der Waals surface area contributed by atoms with Crippen LogP contribution in [0.2, 0.25) is 0 Å². The maximum atomic E-state index is 11.2. The van der Waals surface area contributed by atoms with Crippen molar-refractivity contribution >= 4 is 27.4 Å². The molecule has 0 aromatic carbocycles. The Balaban J connectivity index is 1.89. The van der Waals surface area contributed by atoms with E-state index in [-0.39, 0.29) is 16.7 Å². The molecule has 2 N–H and O–H groups in total. The number of rotatable bonds is 2. The second-order valence-corrected chi connectivity index (χ2v) is 6.59. The van der Waals surface area contributed by atoms with Crippen LogP contribution in [0.5, 0.6) is 0 Å². The van der Waals surface area contributed by atoms with Crippen LogP contribution in [0, 0.1) is 22.0 Å². The molecule has 0 amide bonds. The molecule has 2 fully saturated rings. The van der Waals surface area contributed by atoms with E-state index in [4.69, 9.17) is 5.73 Å². The molecule has 1 aromatic heterocycles. The lowest BCUT2D eigenvalue weighted by molar-refractivity contribution is -0.384. The highest BCUT2D eigenvalue weighted by Crippen LogP contribution is 2.39. The normalized spacial score (nSPS) is 29.3. The minimum absolute atomic E-state index is 0.0617. The Morgan fingerprint density at radius 2 is 2.25 bits per heavy atom. The molecule has 0 spiro atoms. The number of nitro groups is 1. The van der Waals surface area contributed by atoms with Crippen molar-refractivity contribution in [3.05, 3.63) is 26.9 Å². The molecule has 108 valence electrons. The maximum Gasteiger partial charge on any atom is 0.312 e. The van der Waals surface area contributed by atoms with Crippen molar-refractivity contribution in [2.75, 3.05) is 18.0 Å². The third kappa shape index (κ3) is 2.40. The first-order valence-corrected chi connectivity index (χ1v) is 7.66. The fourth-order valence-electron chi connectivity index (χ4n) is 3.49. The number of hydrogen-bond acceptors (Lipinski definition) is 5. The van der Waals surface area contributed by atoms with Gasteiger partial charge >= 0.3 is 5.69 Å². The fraction of sp³-hybridized carbons (Fsp3) is 0.615. The van der Waals surface area contributed by atoms with Crippen molar-refractivity contribution in [1.29, 1.82) is 0 Å². The molecular weight excluding hydrogens is 324 g/mol. The Hall–Kier alpha value is -1.21. The van der Waals surface area contributed by atoms with Crippen molar-refractivity contribution in [1.82, 2.24) is 4.98 Å². The van der Waals surface area contributed by atoms with Gasteiger partial charge in [-0.05, 0) is 40.6 Å². The van der Waals surface area contributed by atoms with Gasteiger partial charge in [-0.3, -0.25) is 10.1 Å². The number of fused-ring (bicyclic) bond motifs is 1. The van der Waals surface area contributed by atoms with Gasteiger partial charge in [0.15, 0.2) is 0 Å². The Kier molecular flexibility index (Phi) is 3.64. The third-order valence-corrected chi connectivity index (χ3v) is 4.90. The van der Waals surface area contributed by atoms with Crippen LogP contribution in [0.15, 0.2) is 16.7 Å². The van der Waals surface area contributed by atoms with Crippen LogP contribution in [-0.2, 0) is 0 Å². The summed E-state index contributed by atoms with van der Waals surface area (Å²) in [6.07, 6.45) is 5.00. The molecule has 6 nitrogen and oxygen atoms in total. The van der Waals surface area contributed by atoms with Gasteiger partial charge in [-0.2, -0.15) is 0 Å². The molecule has 3 rings (SSSR count). The highest BCUT2D eigenvalue weighted by atomic mass is 79.9. The first kappa shape index (κ1) is 13.8. The average molecular weight is 341 g/mol. The highest BCUT2D eigenvalue weighted by molar-refractivity contribution is 9.10. The number of nitrogens with zero attached hydrogens (tertiary/aromatic N) is 3. The lowest BCUT2D eigenvalue weighted by Crippen LogP contribution is -2.38. The molecule has 1 saturated heterocycles. The summed E-state index contributed by atoms with van der Waals surface area (Å²) in [6.45, 7) is 1.61.